The van der Waals surface area contributed by atoms with Crippen molar-refractivity contribution in [3.8, 4) is 0 Å². The van der Waals surface area contributed by atoms with E-state index in [0.29, 0.717) is 0 Å². The van der Waals surface area contributed by atoms with E-state index in [0.717, 1.165) is 5.52 Å². The summed E-state index contributed by atoms with van der Waals surface area (Å²) in [6.45, 7) is 0. The molecule has 53 valence electrons. The van der Waals surface area contributed by atoms with Gasteiger partial charge in [-0.15, -0.1) is 0 Å². The molecule has 1 radical (unpaired) electrons. The first kappa shape index (κ1) is 7.03. The van der Waals surface area contributed by atoms with Crippen molar-refractivity contribution < 1.29 is 0 Å². The minimum Gasteiger partial charge on any atom is -0.246 e. The van der Waals surface area contributed by atoms with E-state index in [1.54, 1.807) is 0 Å². The van der Waals surface area contributed by atoms with Crippen molar-refractivity contribution in [2.75, 3.05) is 0 Å². The zero-order chi connectivity index (χ0) is 7.68. The van der Waals surface area contributed by atoms with Gasteiger partial charge in [0.2, 0.25) is 0 Å². The van der Waals surface area contributed by atoms with Crippen LogP contribution in [0.4, 0.5) is 0 Å². The lowest BCUT2D eigenvalue weighted by Crippen LogP contribution is -1.80. The average Bonchev–Trinajstić information content (AvgIpc) is 2.06. The van der Waals surface area contributed by atoms with Gasteiger partial charge >= 0.3 is 0 Å². The van der Waals surface area contributed by atoms with Crippen molar-refractivity contribution in [2.24, 2.45) is 0 Å². The van der Waals surface area contributed by atoms with E-state index in [4.69, 9.17) is 0 Å². The van der Waals surface area contributed by atoms with E-state index in [2.05, 4.69) is 39.8 Å². The summed E-state index contributed by atoms with van der Waals surface area (Å²) in [6, 6.07) is 9.96. The summed E-state index contributed by atoms with van der Waals surface area (Å²) in [4.78, 5) is 4.11. The Labute approximate surface area is 78.6 Å². The van der Waals surface area contributed by atoms with Gasteiger partial charge in [-0.1, -0.05) is 18.2 Å². The van der Waals surface area contributed by atoms with E-state index in [9.17, 15) is 0 Å². The largest absolute Gasteiger partial charge is 0.246 e. The zero-order valence-electron chi connectivity index (χ0n) is 5.71. The number of hydrogen-bond donors (Lipinski definition) is 0. The van der Waals surface area contributed by atoms with Gasteiger partial charge < -0.3 is 0 Å². The predicted octanol–water partition coefficient (Wildman–Crippen LogP) is 2.64. The van der Waals surface area contributed by atoms with Crippen LogP contribution in [0, 0.1) is 9.77 Å². The molecular formula is C9H5IN. The maximum Gasteiger partial charge on any atom is 0.0905 e. The van der Waals surface area contributed by atoms with Crippen molar-refractivity contribution >= 4 is 33.5 Å². The molecule has 1 aromatic carbocycles. The topological polar surface area (TPSA) is 12.9 Å². The maximum atomic E-state index is 4.11. The molecule has 0 aliphatic heterocycles. The molecule has 0 spiro atoms. The van der Waals surface area contributed by atoms with Crippen LogP contribution < -0.4 is 0 Å². The monoisotopic (exact) mass is 254 g/mol. The molecule has 0 aliphatic carbocycles. The molecule has 11 heavy (non-hydrogen) atoms. The van der Waals surface area contributed by atoms with Gasteiger partial charge in [0, 0.05) is 8.96 Å². The van der Waals surface area contributed by atoms with E-state index in [-0.39, 0.29) is 0 Å². The van der Waals surface area contributed by atoms with Crippen LogP contribution >= 0.6 is 22.6 Å². The molecule has 0 saturated heterocycles. The third-order valence-corrected chi connectivity index (χ3v) is 2.43. The van der Waals surface area contributed by atoms with Gasteiger partial charge in [-0.2, -0.15) is 0 Å². The van der Waals surface area contributed by atoms with Crippen LogP contribution in [0.5, 0.6) is 0 Å². The van der Waals surface area contributed by atoms with Crippen LogP contribution in [-0.4, -0.2) is 4.98 Å². The first-order valence-electron chi connectivity index (χ1n) is 3.29. The molecule has 2 rings (SSSR count). The lowest BCUT2D eigenvalue weighted by molar-refractivity contribution is 1.38. The summed E-state index contributed by atoms with van der Waals surface area (Å²) in [7, 11) is 0. The highest BCUT2D eigenvalue weighted by Gasteiger charge is 1.95. The molecule has 1 aromatic heterocycles. The predicted molar refractivity (Wildman–Crippen MR) is 53.3 cm³/mol. The summed E-state index contributed by atoms with van der Waals surface area (Å²) < 4.78 is 1.20. The standard InChI is InChI=1S/C9H5IN/c10-8-5-6-11-9-4-2-1-3-7(8)9/h1-5H. The van der Waals surface area contributed by atoms with Gasteiger partial charge in [0.25, 0.3) is 0 Å². The molecule has 2 aromatic rings. The van der Waals surface area contributed by atoms with Crippen LogP contribution in [0.25, 0.3) is 10.9 Å². The fourth-order valence-electron chi connectivity index (χ4n) is 1.01. The summed E-state index contributed by atoms with van der Waals surface area (Å²) in [5.74, 6) is 0. The minimum absolute atomic E-state index is 1.01. The van der Waals surface area contributed by atoms with Gasteiger partial charge in [0.15, 0.2) is 0 Å². The zero-order valence-corrected chi connectivity index (χ0v) is 7.87. The van der Waals surface area contributed by atoms with Gasteiger partial charge in [0.05, 0.1) is 11.7 Å². The summed E-state index contributed by atoms with van der Waals surface area (Å²) >= 11 is 2.29. The first-order valence-corrected chi connectivity index (χ1v) is 4.37. The highest BCUT2D eigenvalue weighted by molar-refractivity contribution is 14.1. The Morgan fingerprint density at radius 3 is 2.91 bits per heavy atom. The molecule has 0 amide bonds. The second-order valence-electron chi connectivity index (χ2n) is 2.25. The van der Waals surface area contributed by atoms with Crippen molar-refractivity contribution in [3.63, 3.8) is 0 Å². The van der Waals surface area contributed by atoms with E-state index >= 15 is 0 Å². The second-order valence-corrected chi connectivity index (χ2v) is 3.41. The van der Waals surface area contributed by atoms with Crippen molar-refractivity contribution in [2.45, 2.75) is 0 Å². The minimum atomic E-state index is 1.01. The van der Waals surface area contributed by atoms with Crippen molar-refractivity contribution in [1.82, 2.24) is 4.98 Å². The second kappa shape index (κ2) is 2.77. The van der Waals surface area contributed by atoms with Crippen molar-refractivity contribution in [3.05, 3.63) is 40.1 Å². The normalized spacial score (nSPS) is 10.3. The number of pyridine rings is 1. The SMILES string of the molecule is Ic1c[c]nc2ccccc12. The Morgan fingerprint density at radius 2 is 2.09 bits per heavy atom. The molecule has 1 nitrogen and oxygen atoms in total. The summed E-state index contributed by atoms with van der Waals surface area (Å²) in [5, 5.41) is 1.20. The van der Waals surface area contributed by atoms with Crippen LogP contribution in [0.15, 0.2) is 30.3 Å². The van der Waals surface area contributed by atoms with E-state index < -0.39 is 0 Å². The Hall–Kier alpha value is -0.640. The number of aromatic nitrogens is 1. The maximum absolute atomic E-state index is 4.11. The Bertz CT molecular complexity index is 379. The van der Waals surface area contributed by atoms with Gasteiger partial charge in [-0.05, 0) is 34.7 Å². The van der Waals surface area contributed by atoms with Crippen LogP contribution in [0.3, 0.4) is 0 Å². The van der Waals surface area contributed by atoms with Crippen molar-refractivity contribution in [1.29, 1.82) is 0 Å². The lowest BCUT2D eigenvalue weighted by atomic mass is 10.2. The van der Waals surface area contributed by atoms with E-state index in [1.165, 1.54) is 8.96 Å². The number of fused-ring (bicyclic) bond motifs is 1. The molecule has 0 unspecified atom stereocenters. The molecule has 0 fully saturated rings. The van der Waals surface area contributed by atoms with Crippen LogP contribution in [-0.2, 0) is 0 Å². The molecule has 0 aliphatic rings. The Balaban J connectivity index is 2.91. The fourth-order valence-corrected chi connectivity index (χ4v) is 1.60. The number of para-hydroxylation sites is 1. The lowest BCUT2D eigenvalue weighted by Gasteiger charge is -1.96. The first-order chi connectivity index (χ1) is 5.38. The fraction of sp³-hybridized carbons (Fsp3) is 0. The van der Waals surface area contributed by atoms with Crippen LogP contribution in [0.1, 0.15) is 0 Å². The number of nitrogens with zero attached hydrogens (tertiary/aromatic N) is 1. The average molecular weight is 254 g/mol. The molecule has 0 saturated carbocycles. The Kier molecular flexibility index (Phi) is 1.77. The van der Waals surface area contributed by atoms with Gasteiger partial charge in [-0.25, -0.2) is 4.98 Å². The number of hydrogen-bond acceptors (Lipinski definition) is 1. The summed E-state index contributed by atoms with van der Waals surface area (Å²) in [6.07, 6.45) is 2.85. The molecule has 0 bridgehead atoms. The highest BCUT2D eigenvalue weighted by Crippen LogP contribution is 2.16. The number of halogens is 1. The Morgan fingerprint density at radius 1 is 1.27 bits per heavy atom. The van der Waals surface area contributed by atoms with Crippen LogP contribution in [0.2, 0.25) is 0 Å². The molecule has 0 atom stereocenters. The molecular weight excluding hydrogens is 249 g/mol. The van der Waals surface area contributed by atoms with Gasteiger partial charge in [0.1, 0.15) is 0 Å². The summed E-state index contributed by atoms with van der Waals surface area (Å²) in [5.41, 5.74) is 1.01. The third-order valence-electron chi connectivity index (χ3n) is 1.54. The van der Waals surface area contributed by atoms with E-state index in [1.807, 2.05) is 24.3 Å². The molecule has 0 N–H and O–H groups in total. The quantitative estimate of drug-likeness (QED) is 0.658. The molecule has 1 heterocycles. The number of benzene rings is 1. The van der Waals surface area contributed by atoms with Gasteiger partial charge in [-0.3, -0.25) is 0 Å². The highest BCUT2D eigenvalue weighted by atomic mass is 127. The molecule has 2 heteroatoms. The number of rotatable bonds is 0. The third kappa shape index (κ3) is 1.22. The smallest absolute Gasteiger partial charge is 0.0905 e.